The van der Waals surface area contributed by atoms with Crippen LogP contribution in [0.2, 0.25) is 5.02 Å². The van der Waals surface area contributed by atoms with Crippen molar-refractivity contribution in [3.8, 4) is 11.1 Å². The number of benzene rings is 2. The standard InChI is InChI=1S/C20H21ClO3/c1-4-24-20(23)14(3)13(2)19(22)16-11-9-15(10-12-16)17-7-5-6-8-18(17)21/h5-14H,4H2,1-3H3. The van der Waals surface area contributed by atoms with Crippen molar-refractivity contribution < 1.29 is 14.3 Å². The zero-order valence-electron chi connectivity index (χ0n) is 14.1. The summed E-state index contributed by atoms with van der Waals surface area (Å²) in [5.74, 6) is -1.32. The van der Waals surface area contributed by atoms with Gasteiger partial charge < -0.3 is 4.74 Å². The second-order valence-electron chi connectivity index (χ2n) is 5.75. The van der Waals surface area contributed by atoms with Gasteiger partial charge in [-0.1, -0.05) is 67.9 Å². The molecule has 2 aromatic rings. The average Bonchev–Trinajstić information content (AvgIpc) is 2.60. The van der Waals surface area contributed by atoms with E-state index in [9.17, 15) is 9.59 Å². The first-order valence-electron chi connectivity index (χ1n) is 8.01. The van der Waals surface area contributed by atoms with Gasteiger partial charge in [0, 0.05) is 22.1 Å². The van der Waals surface area contributed by atoms with E-state index in [0.717, 1.165) is 11.1 Å². The highest BCUT2D eigenvalue weighted by atomic mass is 35.5. The molecular weight excluding hydrogens is 324 g/mol. The first kappa shape index (κ1) is 18.2. The minimum absolute atomic E-state index is 0.0683. The van der Waals surface area contributed by atoms with Crippen LogP contribution in [-0.2, 0) is 9.53 Å². The van der Waals surface area contributed by atoms with Crippen LogP contribution in [-0.4, -0.2) is 18.4 Å². The minimum Gasteiger partial charge on any atom is -0.466 e. The fourth-order valence-corrected chi connectivity index (χ4v) is 2.72. The van der Waals surface area contributed by atoms with E-state index < -0.39 is 11.8 Å². The molecule has 0 radical (unpaired) electrons. The van der Waals surface area contributed by atoms with Gasteiger partial charge in [-0.25, -0.2) is 0 Å². The Morgan fingerprint density at radius 3 is 2.21 bits per heavy atom. The number of halogens is 1. The SMILES string of the molecule is CCOC(=O)C(C)C(C)C(=O)c1ccc(-c2ccccc2Cl)cc1. The van der Waals surface area contributed by atoms with Crippen LogP contribution in [0.5, 0.6) is 0 Å². The molecule has 2 atom stereocenters. The Morgan fingerprint density at radius 1 is 1.00 bits per heavy atom. The second-order valence-corrected chi connectivity index (χ2v) is 6.16. The van der Waals surface area contributed by atoms with Crippen molar-refractivity contribution in [1.29, 1.82) is 0 Å². The van der Waals surface area contributed by atoms with E-state index in [0.29, 0.717) is 17.2 Å². The van der Waals surface area contributed by atoms with Gasteiger partial charge in [-0.2, -0.15) is 0 Å². The summed E-state index contributed by atoms with van der Waals surface area (Å²) in [5, 5.41) is 0.667. The Bertz CT molecular complexity index is 722. The van der Waals surface area contributed by atoms with E-state index in [2.05, 4.69) is 0 Å². The fourth-order valence-electron chi connectivity index (χ4n) is 2.48. The lowest BCUT2D eigenvalue weighted by atomic mass is 9.88. The van der Waals surface area contributed by atoms with Gasteiger partial charge in [-0.3, -0.25) is 9.59 Å². The lowest BCUT2D eigenvalue weighted by Gasteiger charge is -2.17. The minimum atomic E-state index is -0.472. The highest BCUT2D eigenvalue weighted by Crippen LogP contribution is 2.28. The van der Waals surface area contributed by atoms with E-state index >= 15 is 0 Å². The lowest BCUT2D eigenvalue weighted by Crippen LogP contribution is -2.27. The molecule has 0 aliphatic carbocycles. The van der Waals surface area contributed by atoms with Crippen LogP contribution < -0.4 is 0 Å². The normalized spacial score (nSPS) is 13.2. The third-order valence-electron chi connectivity index (χ3n) is 4.18. The van der Waals surface area contributed by atoms with Crippen LogP contribution in [0.15, 0.2) is 48.5 Å². The fraction of sp³-hybridized carbons (Fsp3) is 0.300. The highest BCUT2D eigenvalue weighted by Gasteiger charge is 2.27. The van der Waals surface area contributed by atoms with Crippen molar-refractivity contribution in [1.82, 2.24) is 0 Å². The van der Waals surface area contributed by atoms with Gasteiger partial charge in [-0.05, 0) is 18.6 Å². The molecule has 0 heterocycles. The van der Waals surface area contributed by atoms with E-state index in [1.165, 1.54) is 0 Å². The molecule has 0 bridgehead atoms. The number of ketones is 1. The van der Waals surface area contributed by atoms with Crippen LogP contribution >= 0.6 is 11.6 Å². The van der Waals surface area contributed by atoms with Crippen molar-refractivity contribution in [2.24, 2.45) is 11.8 Å². The third-order valence-corrected chi connectivity index (χ3v) is 4.51. The molecular formula is C20H21ClO3. The number of hydrogen-bond acceptors (Lipinski definition) is 3. The van der Waals surface area contributed by atoms with Gasteiger partial charge in [0.1, 0.15) is 0 Å². The topological polar surface area (TPSA) is 43.4 Å². The monoisotopic (exact) mass is 344 g/mol. The smallest absolute Gasteiger partial charge is 0.309 e. The van der Waals surface area contributed by atoms with Gasteiger partial charge in [0.15, 0.2) is 5.78 Å². The van der Waals surface area contributed by atoms with Crippen LogP contribution in [0, 0.1) is 11.8 Å². The number of carbonyl (C=O) groups is 2. The summed E-state index contributed by atoms with van der Waals surface area (Å²) >= 11 is 6.20. The summed E-state index contributed by atoms with van der Waals surface area (Å²) in [6.07, 6.45) is 0. The molecule has 0 aromatic heterocycles. The first-order valence-corrected chi connectivity index (χ1v) is 8.39. The Morgan fingerprint density at radius 2 is 1.62 bits per heavy atom. The molecule has 2 rings (SSSR count). The molecule has 0 spiro atoms. The lowest BCUT2D eigenvalue weighted by molar-refractivity contribution is -0.148. The molecule has 0 fully saturated rings. The molecule has 0 N–H and O–H groups in total. The molecule has 2 unspecified atom stereocenters. The number of carbonyl (C=O) groups excluding carboxylic acids is 2. The number of Topliss-reactive ketones (excluding diaryl/α,β-unsaturated/α-hetero) is 1. The first-order chi connectivity index (χ1) is 11.5. The molecule has 0 saturated carbocycles. The number of hydrogen-bond donors (Lipinski definition) is 0. The van der Waals surface area contributed by atoms with Gasteiger partial charge in [0.05, 0.1) is 12.5 Å². The number of esters is 1. The van der Waals surface area contributed by atoms with E-state index in [1.54, 1.807) is 32.9 Å². The molecule has 0 aliphatic rings. The molecule has 2 aromatic carbocycles. The van der Waals surface area contributed by atoms with E-state index in [1.807, 2.05) is 36.4 Å². The molecule has 0 amide bonds. The maximum absolute atomic E-state index is 12.6. The Hall–Kier alpha value is -2.13. The number of rotatable bonds is 6. The molecule has 0 saturated heterocycles. The summed E-state index contributed by atoms with van der Waals surface area (Å²) in [4.78, 5) is 24.4. The summed E-state index contributed by atoms with van der Waals surface area (Å²) in [7, 11) is 0. The zero-order valence-corrected chi connectivity index (χ0v) is 14.8. The van der Waals surface area contributed by atoms with E-state index in [-0.39, 0.29) is 11.8 Å². The quantitative estimate of drug-likeness (QED) is 0.545. The molecule has 0 aliphatic heterocycles. The van der Waals surface area contributed by atoms with E-state index in [4.69, 9.17) is 16.3 Å². The predicted octanol–water partition coefficient (Wildman–Crippen LogP) is 5.03. The molecule has 24 heavy (non-hydrogen) atoms. The molecule has 3 nitrogen and oxygen atoms in total. The summed E-state index contributed by atoms with van der Waals surface area (Å²) < 4.78 is 5.00. The molecule has 4 heteroatoms. The van der Waals surface area contributed by atoms with Gasteiger partial charge in [0.2, 0.25) is 0 Å². The number of ether oxygens (including phenoxy) is 1. The highest BCUT2D eigenvalue weighted by molar-refractivity contribution is 6.33. The Balaban J connectivity index is 2.17. The van der Waals surface area contributed by atoms with Gasteiger partial charge in [-0.15, -0.1) is 0 Å². The molecule has 126 valence electrons. The summed E-state index contributed by atoms with van der Waals surface area (Å²) in [6.45, 7) is 5.55. The largest absolute Gasteiger partial charge is 0.466 e. The van der Waals surface area contributed by atoms with Gasteiger partial charge >= 0.3 is 5.97 Å². The van der Waals surface area contributed by atoms with Crippen molar-refractivity contribution in [2.45, 2.75) is 20.8 Å². The van der Waals surface area contributed by atoms with Crippen molar-refractivity contribution >= 4 is 23.4 Å². The predicted molar refractivity (Wildman–Crippen MR) is 96.2 cm³/mol. The second kappa shape index (κ2) is 8.11. The van der Waals surface area contributed by atoms with Crippen molar-refractivity contribution in [3.63, 3.8) is 0 Å². The summed E-state index contributed by atoms with van der Waals surface area (Å²) in [6, 6.07) is 14.9. The zero-order chi connectivity index (χ0) is 17.7. The van der Waals surface area contributed by atoms with Crippen molar-refractivity contribution in [3.05, 3.63) is 59.1 Å². The van der Waals surface area contributed by atoms with Crippen LogP contribution in [0.3, 0.4) is 0 Å². The van der Waals surface area contributed by atoms with Gasteiger partial charge in [0.25, 0.3) is 0 Å². The maximum Gasteiger partial charge on any atom is 0.309 e. The average molecular weight is 345 g/mol. The third kappa shape index (κ3) is 4.04. The van der Waals surface area contributed by atoms with Crippen LogP contribution in [0.25, 0.3) is 11.1 Å². The van der Waals surface area contributed by atoms with Crippen LogP contribution in [0.1, 0.15) is 31.1 Å². The Kier molecular flexibility index (Phi) is 6.16. The summed E-state index contributed by atoms with van der Waals surface area (Å²) in [5.41, 5.74) is 2.45. The maximum atomic E-state index is 12.6. The Labute approximate surface area is 147 Å². The van der Waals surface area contributed by atoms with Crippen molar-refractivity contribution in [2.75, 3.05) is 6.61 Å². The van der Waals surface area contributed by atoms with Crippen LogP contribution in [0.4, 0.5) is 0 Å².